The van der Waals surface area contributed by atoms with Crippen molar-refractivity contribution in [3.63, 3.8) is 0 Å². The Hall–Kier alpha value is -2.03. The maximum Gasteiger partial charge on any atom is 0.250 e. The molecule has 3 N–H and O–H groups in total. The van der Waals surface area contributed by atoms with Crippen LogP contribution in [0.4, 0.5) is 0 Å². The van der Waals surface area contributed by atoms with Crippen LogP contribution in [0.1, 0.15) is 21.6 Å². The van der Waals surface area contributed by atoms with E-state index in [1.165, 1.54) is 5.56 Å². The van der Waals surface area contributed by atoms with Crippen molar-refractivity contribution in [3.05, 3.63) is 47.2 Å². The highest BCUT2D eigenvalue weighted by atomic mass is 16.1. The number of primary amides is 1. The van der Waals surface area contributed by atoms with Crippen molar-refractivity contribution in [2.24, 2.45) is 5.73 Å². The van der Waals surface area contributed by atoms with Gasteiger partial charge in [0.2, 0.25) is 0 Å². The van der Waals surface area contributed by atoms with Gasteiger partial charge < -0.3 is 10.7 Å². The van der Waals surface area contributed by atoms with Crippen LogP contribution in [0.25, 0.3) is 11.3 Å². The Kier molecular flexibility index (Phi) is 2.52. The Labute approximate surface area is 94.3 Å². The predicted octanol–water partition coefficient (Wildman–Crippen LogP) is 2.40. The van der Waals surface area contributed by atoms with E-state index in [0.717, 1.165) is 17.0 Å². The number of rotatable bonds is 2. The highest BCUT2D eigenvalue weighted by molar-refractivity contribution is 5.95. The molecule has 3 heteroatoms. The quantitative estimate of drug-likeness (QED) is 0.792. The third-order valence-electron chi connectivity index (χ3n) is 2.61. The van der Waals surface area contributed by atoms with Gasteiger partial charge >= 0.3 is 0 Å². The summed E-state index contributed by atoms with van der Waals surface area (Å²) in [4.78, 5) is 14.3. The van der Waals surface area contributed by atoms with E-state index in [9.17, 15) is 4.79 Å². The third kappa shape index (κ3) is 1.84. The Morgan fingerprint density at radius 2 is 2.00 bits per heavy atom. The first-order valence-corrected chi connectivity index (χ1v) is 5.14. The van der Waals surface area contributed by atoms with Crippen LogP contribution in [0.5, 0.6) is 0 Å². The van der Waals surface area contributed by atoms with Crippen LogP contribution in [0.3, 0.4) is 0 Å². The number of aromatic amines is 1. The fraction of sp³-hybridized carbons (Fsp3) is 0.154. The number of nitrogens with one attached hydrogen (secondary N) is 1. The van der Waals surface area contributed by atoms with Gasteiger partial charge in [-0.25, -0.2) is 0 Å². The number of amides is 1. The van der Waals surface area contributed by atoms with Crippen molar-refractivity contribution in [3.8, 4) is 11.3 Å². The van der Waals surface area contributed by atoms with Crippen LogP contribution in [-0.2, 0) is 0 Å². The zero-order valence-electron chi connectivity index (χ0n) is 9.37. The molecule has 2 aromatic rings. The van der Waals surface area contributed by atoms with Gasteiger partial charge in [0.25, 0.3) is 5.91 Å². The molecule has 0 aliphatic carbocycles. The highest BCUT2D eigenvalue weighted by Crippen LogP contribution is 2.22. The van der Waals surface area contributed by atoms with Gasteiger partial charge in [-0.3, -0.25) is 4.79 Å². The minimum atomic E-state index is -0.396. The number of nitrogens with two attached hydrogens (primary N) is 1. The largest absolute Gasteiger partial charge is 0.366 e. The van der Waals surface area contributed by atoms with Gasteiger partial charge in [-0.2, -0.15) is 0 Å². The SMILES string of the molecule is Cc1cccc(-c2cc(C(N)=O)c(C)[nH]2)c1. The lowest BCUT2D eigenvalue weighted by Crippen LogP contribution is -2.10. The molecule has 1 aromatic heterocycles. The van der Waals surface area contributed by atoms with Crippen molar-refractivity contribution in [2.75, 3.05) is 0 Å². The molecular formula is C13H14N2O. The van der Waals surface area contributed by atoms with E-state index in [2.05, 4.69) is 11.1 Å². The summed E-state index contributed by atoms with van der Waals surface area (Å²) in [6, 6.07) is 9.89. The summed E-state index contributed by atoms with van der Waals surface area (Å²) < 4.78 is 0. The minimum Gasteiger partial charge on any atom is -0.366 e. The summed E-state index contributed by atoms with van der Waals surface area (Å²) in [5.74, 6) is -0.396. The normalized spacial score (nSPS) is 10.4. The molecule has 0 atom stereocenters. The first kappa shape index (κ1) is 10.5. The van der Waals surface area contributed by atoms with Crippen LogP contribution < -0.4 is 5.73 Å². The maximum absolute atomic E-state index is 11.1. The molecule has 1 aromatic carbocycles. The number of hydrogen-bond donors (Lipinski definition) is 2. The summed E-state index contributed by atoms with van der Waals surface area (Å²) in [7, 11) is 0. The highest BCUT2D eigenvalue weighted by Gasteiger charge is 2.10. The van der Waals surface area contributed by atoms with E-state index in [0.29, 0.717) is 5.56 Å². The van der Waals surface area contributed by atoms with Crippen molar-refractivity contribution >= 4 is 5.91 Å². The zero-order chi connectivity index (χ0) is 11.7. The summed E-state index contributed by atoms with van der Waals surface area (Å²) in [5.41, 5.74) is 9.82. The lowest BCUT2D eigenvalue weighted by atomic mass is 10.1. The average Bonchev–Trinajstić information content (AvgIpc) is 2.60. The van der Waals surface area contributed by atoms with E-state index < -0.39 is 5.91 Å². The molecular weight excluding hydrogens is 200 g/mol. The second kappa shape index (κ2) is 3.85. The monoisotopic (exact) mass is 214 g/mol. The van der Waals surface area contributed by atoms with E-state index in [1.807, 2.05) is 32.0 Å². The second-order valence-corrected chi connectivity index (χ2v) is 3.96. The number of aryl methyl sites for hydroxylation is 2. The summed E-state index contributed by atoms with van der Waals surface area (Å²) in [6.07, 6.45) is 0. The molecule has 2 rings (SSSR count). The second-order valence-electron chi connectivity index (χ2n) is 3.96. The molecule has 0 aliphatic rings. The molecule has 0 spiro atoms. The van der Waals surface area contributed by atoms with Crippen LogP contribution in [0, 0.1) is 13.8 Å². The minimum absolute atomic E-state index is 0.396. The fourth-order valence-corrected chi connectivity index (χ4v) is 1.78. The van der Waals surface area contributed by atoms with Crippen molar-refractivity contribution in [1.82, 2.24) is 4.98 Å². The van der Waals surface area contributed by atoms with E-state index in [4.69, 9.17) is 5.73 Å². The van der Waals surface area contributed by atoms with Gasteiger partial charge in [0.15, 0.2) is 0 Å². The van der Waals surface area contributed by atoms with E-state index >= 15 is 0 Å². The average molecular weight is 214 g/mol. The smallest absolute Gasteiger partial charge is 0.250 e. The lowest BCUT2D eigenvalue weighted by Gasteiger charge is -1.98. The molecule has 0 saturated heterocycles. The molecule has 0 bridgehead atoms. The molecule has 0 radical (unpaired) electrons. The van der Waals surface area contributed by atoms with Gasteiger partial charge in [-0.15, -0.1) is 0 Å². The van der Waals surface area contributed by atoms with Gasteiger partial charge in [-0.1, -0.05) is 23.8 Å². The van der Waals surface area contributed by atoms with Crippen molar-refractivity contribution in [2.45, 2.75) is 13.8 Å². The van der Waals surface area contributed by atoms with Crippen LogP contribution >= 0.6 is 0 Å². The molecule has 3 nitrogen and oxygen atoms in total. The standard InChI is InChI=1S/C13H14N2O/c1-8-4-3-5-10(6-8)12-7-11(13(14)16)9(2)15-12/h3-7,15H,1-2H3,(H2,14,16). The zero-order valence-corrected chi connectivity index (χ0v) is 9.37. The van der Waals surface area contributed by atoms with Gasteiger partial charge in [0.05, 0.1) is 5.56 Å². The van der Waals surface area contributed by atoms with Gasteiger partial charge in [0.1, 0.15) is 0 Å². The number of benzene rings is 1. The Morgan fingerprint density at radius 3 is 2.56 bits per heavy atom. The Balaban J connectivity index is 2.49. The molecule has 16 heavy (non-hydrogen) atoms. The van der Waals surface area contributed by atoms with Crippen LogP contribution in [-0.4, -0.2) is 10.9 Å². The summed E-state index contributed by atoms with van der Waals surface area (Å²) in [5, 5.41) is 0. The Bertz CT molecular complexity index is 541. The number of aromatic nitrogens is 1. The number of carbonyl (C=O) groups excluding carboxylic acids is 1. The van der Waals surface area contributed by atoms with Crippen LogP contribution in [0.15, 0.2) is 30.3 Å². The third-order valence-corrected chi connectivity index (χ3v) is 2.61. The number of H-pyrrole nitrogens is 1. The lowest BCUT2D eigenvalue weighted by molar-refractivity contribution is 0.1000. The molecule has 0 saturated carbocycles. The van der Waals surface area contributed by atoms with Gasteiger partial charge in [-0.05, 0) is 31.5 Å². The number of hydrogen-bond acceptors (Lipinski definition) is 1. The molecule has 0 fully saturated rings. The summed E-state index contributed by atoms with van der Waals surface area (Å²) >= 11 is 0. The van der Waals surface area contributed by atoms with E-state index in [-0.39, 0.29) is 0 Å². The van der Waals surface area contributed by atoms with Gasteiger partial charge in [0, 0.05) is 11.4 Å². The summed E-state index contributed by atoms with van der Waals surface area (Å²) in [6.45, 7) is 3.88. The maximum atomic E-state index is 11.1. The van der Waals surface area contributed by atoms with Crippen molar-refractivity contribution < 1.29 is 4.79 Å². The number of carbonyl (C=O) groups is 1. The molecule has 82 valence electrons. The molecule has 1 amide bonds. The first-order valence-electron chi connectivity index (χ1n) is 5.14. The predicted molar refractivity (Wildman–Crippen MR) is 64.2 cm³/mol. The Morgan fingerprint density at radius 1 is 1.25 bits per heavy atom. The molecule has 0 aliphatic heterocycles. The molecule has 1 heterocycles. The van der Waals surface area contributed by atoms with Crippen molar-refractivity contribution in [1.29, 1.82) is 0 Å². The fourth-order valence-electron chi connectivity index (χ4n) is 1.78. The first-order chi connectivity index (χ1) is 7.58. The molecule has 0 unspecified atom stereocenters. The van der Waals surface area contributed by atoms with Crippen LogP contribution in [0.2, 0.25) is 0 Å². The van der Waals surface area contributed by atoms with E-state index in [1.54, 1.807) is 6.07 Å². The topological polar surface area (TPSA) is 58.9 Å².